The van der Waals surface area contributed by atoms with E-state index >= 15 is 0 Å². The maximum Gasteiger partial charge on any atom is 0.307 e. The van der Waals surface area contributed by atoms with Gasteiger partial charge in [-0.15, -0.1) is 0 Å². The quantitative estimate of drug-likeness (QED) is 0.472. The predicted octanol–water partition coefficient (Wildman–Crippen LogP) is 3.33. The zero-order valence-corrected chi connectivity index (χ0v) is 19.3. The Kier molecular flexibility index (Phi) is 4.42. The van der Waals surface area contributed by atoms with Crippen LogP contribution in [-0.4, -0.2) is 51.5 Å². The predicted molar refractivity (Wildman–Crippen MR) is 130 cm³/mol. The SMILES string of the molecule is Cc1ccc(C(=O)N2CC3(C2)CN(c2cncc(-c4ccc5c(c4)sc(=O)n5C)c2)C3)cn1. The zero-order valence-electron chi connectivity index (χ0n) is 18.5. The van der Waals surface area contributed by atoms with E-state index in [0.717, 1.165) is 58.9 Å². The summed E-state index contributed by atoms with van der Waals surface area (Å²) in [6.45, 7) is 5.34. The van der Waals surface area contributed by atoms with E-state index in [4.69, 9.17) is 0 Å². The molecule has 0 radical (unpaired) electrons. The van der Waals surface area contributed by atoms with Crippen LogP contribution < -0.4 is 9.77 Å². The summed E-state index contributed by atoms with van der Waals surface area (Å²) < 4.78 is 2.66. The molecule has 0 bridgehead atoms. The number of pyridine rings is 2. The fraction of sp³-hybridized carbons (Fsp3) is 0.280. The molecule has 7 nitrogen and oxygen atoms in total. The van der Waals surface area contributed by atoms with E-state index in [2.05, 4.69) is 27.0 Å². The minimum absolute atomic E-state index is 0.0477. The van der Waals surface area contributed by atoms with Crippen LogP contribution in [0.25, 0.3) is 21.3 Å². The molecule has 0 saturated carbocycles. The Morgan fingerprint density at radius 1 is 1.00 bits per heavy atom. The van der Waals surface area contributed by atoms with Gasteiger partial charge in [0.15, 0.2) is 0 Å². The molecule has 0 atom stereocenters. The minimum atomic E-state index is 0.0477. The van der Waals surface area contributed by atoms with E-state index in [9.17, 15) is 9.59 Å². The smallest absolute Gasteiger partial charge is 0.307 e. The maximum atomic E-state index is 12.7. The molecule has 1 spiro atoms. The number of thiazole rings is 1. The first-order valence-corrected chi connectivity index (χ1v) is 11.7. The van der Waals surface area contributed by atoms with Crippen LogP contribution in [0.1, 0.15) is 16.1 Å². The van der Waals surface area contributed by atoms with Gasteiger partial charge in [0, 0.05) is 62.3 Å². The van der Waals surface area contributed by atoms with E-state index in [0.29, 0.717) is 5.56 Å². The largest absolute Gasteiger partial charge is 0.369 e. The Morgan fingerprint density at radius 2 is 1.82 bits per heavy atom. The summed E-state index contributed by atoms with van der Waals surface area (Å²) in [6, 6.07) is 12.0. The number of fused-ring (bicyclic) bond motifs is 1. The highest BCUT2D eigenvalue weighted by Gasteiger charge is 2.53. The topological polar surface area (TPSA) is 71.3 Å². The van der Waals surface area contributed by atoms with Crippen LogP contribution in [-0.2, 0) is 7.05 Å². The molecule has 2 fully saturated rings. The van der Waals surface area contributed by atoms with Crippen LogP contribution in [0.2, 0.25) is 0 Å². The zero-order chi connectivity index (χ0) is 22.7. The van der Waals surface area contributed by atoms with Crippen molar-refractivity contribution in [3.63, 3.8) is 0 Å². The molecule has 1 aromatic carbocycles. The molecule has 33 heavy (non-hydrogen) atoms. The molecule has 166 valence electrons. The summed E-state index contributed by atoms with van der Waals surface area (Å²) in [6.07, 6.45) is 5.43. The van der Waals surface area contributed by atoms with E-state index in [1.165, 1.54) is 11.3 Å². The third-order valence-electron chi connectivity index (χ3n) is 6.77. The third kappa shape index (κ3) is 3.33. The molecular weight excluding hydrogens is 434 g/mol. The summed E-state index contributed by atoms with van der Waals surface area (Å²) in [4.78, 5) is 37.6. The molecule has 2 aliphatic rings. The van der Waals surface area contributed by atoms with Crippen molar-refractivity contribution in [2.24, 2.45) is 12.5 Å². The number of hydrogen-bond acceptors (Lipinski definition) is 6. The fourth-order valence-electron chi connectivity index (χ4n) is 4.90. The average Bonchev–Trinajstić information content (AvgIpc) is 3.05. The van der Waals surface area contributed by atoms with Gasteiger partial charge in [0.05, 0.1) is 27.7 Å². The van der Waals surface area contributed by atoms with Gasteiger partial charge in [0.1, 0.15) is 0 Å². The second-order valence-corrected chi connectivity index (χ2v) is 10.2. The molecular formula is C25H23N5O2S. The Bertz CT molecular complexity index is 1440. The first-order valence-electron chi connectivity index (χ1n) is 10.9. The number of aryl methyl sites for hydroxylation is 2. The monoisotopic (exact) mass is 457 g/mol. The highest BCUT2D eigenvalue weighted by atomic mass is 32.1. The van der Waals surface area contributed by atoms with Gasteiger partial charge < -0.3 is 14.4 Å². The summed E-state index contributed by atoms with van der Waals surface area (Å²) in [5.41, 5.74) is 5.89. The number of benzene rings is 1. The van der Waals surface area contributed by atoms with Gasteiger partial charge >= 0.3 is 4.87 Å². The Morgan fingerprint density at radius 3 is 2.58 bits per heavy atom. The lowest BCUT2D eigenvalue weighted by Gasteiger charge is -2.60. The molecule has 0 aliphatic carbocycles. The number of carbonyl (C=O) groups is 1. The first kappa shape index (κ1) is 20.1. The molecule has 8 heteroatoms. The molecule has 0 unspecified atom stereocenters. The van der Waals surface area contributed by atoms with Crippen molar-refractivity contribution in [1.82, 2.24) is 19.4 Å². The van der Waals surface area contributed by atoms with Crippen LogP contribution in [0.4, 0.5) is 5.69 Å². The van der Waals surface area contributed by atoms with Crippen molar-refractivity contribution in [3.8, 4) is 11.1 Å². The summed E-state index contributed by atoms with van der Waals surface area (Å²) in [5, 5.41) is 0. The van der Waals surface area contributed by atoms with Crippen molar-refractivity contribution in [1.29, 1.82) is 0 Å². The Balaban J connectivity index is 1.14. The molecule has 0 N–H and O–H groups in total. The van der Waals surface area contributed by atoms with Gasteiger partial charge in [0.2, 0.25) is 0 Å². The number of amides is 1. The average molecular weight is 458 g/mol. The van der Waals surface area contributed by atoms with Gasteiger partial charge in [-0.1, -0.05) is 17.4 Å². The maximum absolute atomic E-state index is 12.7. The number of rotatable bonds is 3. The minimum Gasteiger partial charge on any atom is -0.369 e. The van der Waals surface area contributed by atoms with E-state index in [-0.39, 0.29) is 16.2 Å². The lowest BCUT2D eigenvalue weighted by molar-refractivity contribution is -0.0105. The number of aromatic nitrogens is 3. The number of hydrogen-bond donors (Lipinski definition) is 0. The lowest BCUT2D eigenvalue weighted by atomic mass is 9.72. The highest BCUT2D eigenvalue weighted by Crippen LogP contribution is 2.42. The number of anilines is 1. The van der Waals surface area contributed by atoms with E-state index < -0.39 is 0 Å². The molecule has 3 aromatic heterocycles. The summed E-state index contributed by atoms with van der Waals surface area (Å²) >= 11 is 1.27. The number of nitrogens with zero attached hydrogens (tertiary/aromatic N) is 5. The third-order valence-corrected chi connectivity index (χ3v) is 7.76. The first-order chi connectivity index (χ1) is 15.9. The number of likely N-dealkylation sites (tertiary alicyclic amines) is 1. The second kappa shape index (κ2) is 7.25. The highest BCUT2D eigenvalue weighted by molar-refractivity contribution is 7.16. The number of carbonyl (C=O) groups excluding carboxylic acids is 1. The fourth-order valence-corrected chi connectivity index (χ4v) is 5.82. The molecule has 2 saturated heterocycles. The van der Waals surface area contributed by atoms with Crippen molar-refractivity contribution < 1.29 is 4.79 Å². The van der Waals surface area contributed by atoms with E-state index in [1.54, 1.807) is 17.8 Å². The van der Waals surface area contributed by atoms with Gasteiger partial charge in [0.25, 0.3) is 5.91 Å². The van der Waals surface area contributed by atoms with Gasteiger partial charge in [-0.05, 0) is 42.8 Å². The van der Waals surface area contributed by atoms with Crippen molar-refractivity contribution >= 4 is 33.1 Å². The van der Waals surface area contributed by atoms with Crippen LogP contribution in [0, 0.1) is 12.3 Å². The van der Waals surface area contributed by atoms with Crippen LogP contribution in [0.3, 0.4) is 0 Å². The Labute approximate surface area is 194 Å². The summed E-state index contributed by atoms with van der Waals surface area (Å²) in [5.74, 6) is 0.0637. The normalized spacial score (nSPS) is 16.7. The Hall–Kier alpha value is -3.52. The van der Waals surface area contributed by atoms with Crippen LogP contribution in [0.15, 0.2) is 59.8 Å². The lowest BCUT2D eigenvalue weighted by Crippen LogP contribution is -2.73. The standard InChI is InChI=1S/C25H23N5O2S/c1-16-3-4-18(10-27-16)23(31)30-14-25(15-30)12-29(13-25)20-7-19(9-26-11-20)17-5-6-21-22(8-17)33-24(32)28(21)2/h3-11H,12-15H2,1-2H3. The van der Waals surface area contributed by atoms with Gasteiger partial charge in [-0.2, -0.15) is 0 Å². The van der Waals surface area contributed by atoms with Crippen LogP contribution >= 0.6 is 11.3 Å². The van der Waals surface area contributed by atoms with Gasteiger partial charge in [-0.3, -0.25) is 19.6 Å². The van der Waals surface area contributed by atoms with Crippen molar-refractivity contribution in [2.75, 3.05) is 31.1 Å². The van der Waals surface area contributed by atoms with Crippen LogP contribution in [0.5, 0.6) is 0 Å². The van der Waals surface area contributed by atoms with Gasteiger partial charge in [-0.25, -0.2) is 0 Å². The van der Waals surface area contributed by atoms with Crippen molar-refractivity contribution in [3.05, 3.63) is 75.9 Å². The summed E-state index contributed by atoms with van der Waals surface area (Å²) in [7, 11) is 1.80. The molecule has 5 heterocycles. The second-order valence-electron chi connectivity index (χ2n) is 9.25. The molecule has 6 rings (SSSR count). The molecule has 4 aromatic rings. The van der Waals surface area contributed by atoms with Crippen molar-refractivity contribution in [2.45, 2.75) is 6.92 Å². The molecule has 1 amide bonds. The van der Waals surface area contributed by atoms with E-state index in [1.807, 2.05) is 48.5 Å². The molecule has 2 aliphatic heterocycles.